The number of hydrogen-bond donors (Lipinski definition) is 1. The van der Waals surface area contributed by atoms with Crippen LogP contribution in [0.25, 0.3) is 0 Å². The van der Waals surface area contributed by atoms with Crippen LogP contribution in [0.2, 0.25) is 0 Å². The van der Waals surface area contributed by atoms with E-state index in [-0.39, 0.29) is 0 Å². The molecule has 1 aromatic rings. The van der Waals surface area contributed by atoms with Gasteiger partial charge >= 0.3 is 0 Å². The molecule has 106 valence electrons. The van der Waals surface area contributed by atoms with Crippen molar-refractivity contribution in [2.45, 2.75) is 33.2 Å². The van der Waals surface area contributed by atoms with Gasteiger partial charge in [-0.1, -0.05) is 13.8 Å². The number of aryl methyl sites for hydroxylation is 1. The molecule has 0 saturated carbocycles. The van der Waals surface area contributed by atoms with Gasteiger partial charge in [-0.05, 0) is 43.0 Å². The van der Waals surface area contributed by atoms with E-state index < -0.39 is 0 Å². The number of benzene rings is 1. The average Bonchev–Trinajstić information content (AvgIpc) is 2.38. The summed E-state index contributed by atoms with van der Waals surface area (Å²) in [5, 5.41) is 3.62. The highest BCUT2D eigenvalue weighted by atomic mass is 16.5. The van der Waals surface area contributed by atoms with Crippen LogP contribution in [-0.4, -0.2) is 32.8 Å². The lowest BCUT2D eigenvalue weighted by Gasteiger charge is -2.36. The summed E-state index contributed by atoms with van der Waals surface area (Å²) in [7, 11) is 1.73. The zero-order chi connectivity index (χ0) is 13.8. The van der Waals surface area contributed by atoms with Crippen molar-refractivity contribution in [3.8, 4) is 5.75 Å². The van der Waals surface area contributed by atoms with Gasteiger partial charge in [-0.15, -0.1) is 0 Å². The lowest BCUT2D eigenvalue weighted by Crippen LogP contribution is -2.51. The zero-order valence-corrected chi connectivity index (χ0v) is 12.6. The molecule has 0 radical (unpaired) electrons. The summed E-state index contributed by atoms with van der Waals surface area (Å²) in [6.07, 6.45) is 1.24. The van der Waals surface area contributed by atoms with E-state index in [1.807, 2.05) is 0 Å². The molecule has 0 spiro atoms. The number of anilines is 1. The van der Waals surface area contributed by atoms with Crippen molar-refractivity contribution < 1.29 is 4.74 Å². The maximum atomic E-state index is 5.33. The highest BCUT2D eigenvalue weighted by Gasteiger charge is 2.20. The van der Waals surface area contributed by atoms with Gasteiger partial charge in [0.25, 0.3) is 0 Å². The van der Waals surface area contributed by atoms with Crippen LogP contribution in [0.3, 0.4) is 0 Å². The molecule has 2 rings (SSSR count). The number of ether oxygens (including phenoxy) is 1. The lowest BCUT2D eigenvalue weighted by molar-refractivity contribution is 0.388. The Bertz CT molecular complexity index is 417. The van der Waals surface area contributed by atoms with Gasteiger partial charge in [0.1, 0.15) is 5.75 Å². The number of rotatable bonds is 4. The van der Waals surface area contributed by atoms with Gasteiger partial charge < -0.3 is 15.0 Å². The van der Waals surface area contributed by atoms with Crippen LogP contribution in [0, 0.1) is 12.8 Å². The second-order valence-corrected chi connectivity index (χ2v) is 5.88. The Balaban J connectivity index is 2.06. The summed E-state index contributed by atoms with van der Waals surface area (Å²) in [5.74, 6) is 1.72. The molecule has 1 saturated heterocycles. The maximum absolute atomic E-state index is 5.33. The van der Waals surface area contributed by atoms with E-state index >= 15 is 0 Å². The first-order chi connectivity index (χ1) is 9.10. The van der Waals surface area contributed by atoms with E-state index in [2.05, 4.69) is 49.2 Å². The highest BCUT2D eigenvalue weighted by molar-refractivity contribution is 5.53. The van der Waals surface area contributed by atoms with Crippen LogP contribution in [0.1, 0.15) is 25.8 Å². The van der Waals surface area contributed by atoms with Gasteiger partial charge in [-0.2, -0.15) is 0 Å². The smallest absolute Gasteiger partial charge is 0.121 e. The fraction of sp³-hybridized carbons (Fsp3) is 0.625. The molecular weight excluding hydrogens is 236 g/mol. The van der Waals surface area contributed by atoms with Crippen molar-refractivity contribution in [3.05, 3.63) is 23.8 Å². The van der Waals surface area contributed by atoms with Gasteiger partial charge in [0.05, 0.1) is 7.11 Å². The summed E-state index contributed by atoms with van der Waals surface area (Å²) in [4.78, 5) is 2.48. The summed E-state index contributed by atoms with van der Waals surface area (Å²) >= 11 is 0. The summed E-state index contributed by atoms with van der Waals surface area (Å²) in [6.45, 7) is 9.94. The highest BCUT2D eigenvalue weighted by Crippen LogP contribution is 2.25. The molecule has 1 fully saturated rings. The number of nitrogens with zero attached hydrogens (tertiary/aromatic N) is 1. The van der Waals surface area contributed by atoms with Crippen molar-refractivity contribution in [1.29, 1.82) is 0 Å². The van der Waals surface area contributed by atoms with E-state index in [1.165, 1.54) is 17.7 Å². The molecule has 1 unspecified atom stereocenters. The molecule has 1 N–H and O–H groups in total. The first-order valence-corrected chi connectivity index (χ1v) is 7.23. The lowest BCUT2D eigenvalue weighted by atomic mass is 10.0. The van der Waals surface area contributed by atoms with E-state index in [1.54, 1.807) is 7.11 Å². The third kappa shape index (κ3) is 3.63. The first kappa shape index (κ1) is 14.2. The third-order valence-electron chi connectivity index (χ3n) is 3.76. The standard InChI is InChI=1S/C16H26N2O/c1-12(2)9-14-11-18(8-7-17-14)15-5-6-16(19-4)13(3)10-15/h5-6,10,12,14,17H,7-9,11H2,1-4H3. The predicted molar refractivity (Wildman–Crippen MR) is 81.2 cm³/mol. The van der Waals surface area contributed by atoms with E-state index in [0.29, 0.717) is 6.04 Å². The monoisotopic (exact) mass is 262 g/mol. The molecule has 1 aliphatic rings. The second-order valence-electron chi connectivity index (χ2n) is 5.88. The van der Waals surface area contributed by atoms with E-state index in [9.17, 15) is 0 Å². The van der Waals surface area contributed by atoms with Crippen LogP contribution >= 0.6 is 0 Å². The number of methoxy groups -OCH3 is 1. The van der Waals surface area contributed by atoms with Crippen molar-refractivity contribution >= 4 is 5.69 Å². The molecule has 1 aliphatic heterocycles. The van der Waals surface area contributed by atoms with Crippen LogP contribution in [0.15, 0.2) is 18.2 Å². The Morgan fingerprint density at radius 3 is 2.84 bits per heavy atom. The third-order valence-corrected chi connectivity index (χ3v) is 3.76. The fourth-order valence-electron chi connectivity index (χ4n) is 2.85. The molecule has 1 atom stereocenters. The van der Waals surface area contributed by atoms with Crippen LogP contribution in [-0.2, 0) is 0 Å². The summed E-state index contributed by atoms with van der Waals surface area (Å²) < 4.78 is 5.33. The number of hydrogen-bond acceptors (Lipinski definition) is 3. The molecule has 0 aromatic heterocycles. The van der Waals surface area contributed by atoms with E-state index in [4.69, 9.17) is 4.74 Å². The largest absolute Gasteiger partial charge is 0.496 e. The molecule has 0 amide bonds. The van der Waals surface area contributed by atoms with Gasteiger partial charge in [0.2, 0.25) is 0 Å². The SMILES string of the molecule is COc1ccc(N2CCNC(CC(C)C)C2)cc1C. The van der Waals surface area contributed by atoms with Gasteiger partial charge in [0, 0.05) is 31.4 Å². The maximum Gasteiger partial charge on any atom is 0.121 e. The van der Waals surface area contributed by atoms with Gasteiger partial charge in [-0.3, -0.25) is 0 Å². The van der Waals surface area contributed by atoms with Crippen molar-refractivity contribution in [1.82, 2.24) is 5.32 Å². The Morgan fingerprint density at radius 1 is 1.42 bits per heavy atom. The average molecular weight is 262 g/mol. The van der Waals surface area contributed by atoms with Crippen LogP contribution in [0.4, 0.5) is 5.69 Å². The molecule has 1 heterocycles. The molecule has 0 aliphatic carbocycles. The minimum absolute atomic E-state index is 0.608. The van der Waals surface area contributed by atoms with Crippen molar-refractivity contribution in [2.24, 2.45) is 5.92 Å². The van der Waals surface area contributed by atoms with Crippen LogP contribution < -0.4 is 15.0 Å². The topological polar surface area (TPSA) is 24.5 Å². The van der Waals surface area contributed by atoms with Crippen molar-refractivity contribution in [2.75, 3.05) is 31.6 Å². The van der Waals surface area contributed by atoms with Crippen molar-refractivity contribution in [3.63, 3.8) is 0 Å². The quantitative estimate of drug-likeness (QED) is 0.903. The Kier molecular flexibility index (Phi) is 4.70. The number of piperazine rings is 1. The Morgan fingerprint density at radius 2 is 2.21 bits per heavy atom. The van der Waals surface area contributed by atoms with E-state index in [0.717, 1.165) is 31.3 Å². The normalized spacial score (nSPS) is 19.8. The Hall–Kier alpha value is -1.22. The molecular formula is C16H26N2O. The van der Waals surface area contributed by atoms with Gasteiger partial charge in [0.15, 0.2) is 0 Å². The Labute approximate surface area is 116 Å². The first-order valence-electron chi connectivity index (χ1n) is 7.23. The zero-order valence-electron chi connectivity index (χ0n) is 12.6. The predicted octanol–water partition coefficient (Wildman–Crippen LogP) is 2.83. The molecule has 3 heteroatoms. The minimum atomic E-state index is 0.608. The van der Waals surface area contributed by atoms with Gasteiger partial charge in [-0.25, -0.2) is 0 Å². The molecule has 0 bridgehead atoms. The number of nitrogens with one attached hydrogen (secondary N) is 1. The fourth-order valence-corrected chi connectivity index (χ4v) is 2.85. The molecule has 1 aromatic carbocycles. The molecule has 3 nitrogen and oxygen atoms in total. The summed E-state index contributed by atoms with van der Waals surface area (Å²) in [6, 6.07) is 7.08. The molecule has 19 heavy (non-hydrogen) atoms. The minimum Gasteiger partial charge on any atom is -0.496 e. The second kappa shape index (κ2) is 6.29. The van der Waals surface area contributed by atoms with Crippen LogP contribution in [0.5, 0.6) is 5.75 Å². The summed E-state index contributed by atoms with van der Waals surface area (Å²) in [5.41, 5.74) is 2.52.